The molecule has 0 aromatic carbocycles. The van der Waals surface area contributed by atoms with Crippen LogP contribution in [0.25, 0.3) is 11.6 Å². The molecule has 1 N–H and O–H groups in total. The van der Waals surface area contributed by atoms with Gasteiger partial charge in [0.15, 0.2) is 0 Å². The molecule has 2 aromatic heterocycles. The number of aryl methyl sites for hydroxylation is 1. The van der Waals surface area contributed by atoms with Crippen molar-refractivity contribution in [1.29, 1.82) is 0 Å². The van der Waals surface area contributed by atoms with Gasteiger partial charge in [0, 0.05) is 38.3 Å². The van der Waals surface area contributed by atoms with Crippen LogP contribution < -0.4 is 0 Å². The molecular formula is C17H19N5O4. The fourth-order valence-electron chi connectivity index (χ4n) is 3.53. The van der Waals surface area contributed by atoms with Gasteiger partial charge in [-0.1, -0.05) is 5.16 Å². The van der Waals surface area contributed by atoms with E-state index in [0.29, 0.717) is 37.1 Å². The van der Waals surface area contributed by atoms with Gasteiger partial charge in [-0.05, 0) is 30.7 Å². The average Bonchev–Trinajstić information content (AvgIpc) is 3.21. The molecule has 9 nitrogen and oxygen atoms in total. The number of amides is 1. The standard InChI is InChI=1S/C17H19N5O4/c23-14(22-8-11(10-2-3-10)12(9-22)17(24)25)5-4-13-20-16(21-26-13)15-18-6-1-7-19-15/h1,6-7,10-12H,2-5,8-9H2,(H,24,25)/t11-,12+/m1/s1. The summed E-state index contributed by atoms with van der Waals surface area (Å²) >= 11 is 0. The molecule has 0 bridgehead atoms. The van der Waals surface area contributed by atoms with Gasteiger partial charge in [0.05, 0.1) is 5.92 Å². The zero-order valence-corrected chi connectivity index (χ0v) is 14.1. The highest BCUT2D eigenvalue weighted by atomic mass is 16.5. The minimum Gasteiger partial charge on any atom is -0.481 e. The van der Waals surface area contributed by atoms with Gasteiger partial charge in [-0.3, -0.25) is 9.59 Å². The molecule has 2 aliphatic rings. The van der Waals surface area contributed by atoms with Crippen LogP contribution in [0, 0.1) is 17.8 Å². The molecule has 2 fully saturated rings. The second-order valence-electron chi connectivity index (χ2n) is 6.83. The first-order valence-electron chi connectivity index (χ1n) is 8.72. The molecule has 1 aliphatic heterocycles. The topological polar surface area (TPSA) is 122 Å². The molecule has 1 aliphatic carbocycles. The molecular weight excluding hydrogens is 338 g/mol. The van der Waals surface area contributed by atoms with Crippen LogP contribution >= 0.6 is 0 Å². The van der Waals surface area contributed by atoms with Crippen molar-refractivity contribution < 1.29 is 19.2 Å². The first-order valence-corrected chi connectivity index (χ1v) is 8.72. The quantitative estimate of drug-likeness (QED) is 0.813. The summed E-state index contributed by atoms with van der Waals surface area (Å²) in [7, 11) is 0. The third-order valence-electron chi connectivity index (χ3n) is 5.05. The van der Waals surface area contributed by atoms with Crippen LogP contribution in [0.5, 0.6) is 0 Å². The van der Waals surface area contributed by atoms with Gasteiger partial charge in [-0.15, -0.1) is 0 Å². The molecule has 0 radical (unpaired) electrons. The van der Waals surface area contributed by atoms with E-state index in [1.54, 1.807) is 23.4 Å². The molecule has 2 aromatic rings. The molecule has 136 valence electrons. The van der Waals surface area contributed by atoms with Crippen LogP contribution in [0.1, 0.15) is 25.2 Å². The summed E-state index contributed by atoms with van der Waals surface area (Å²) in [4.78, 5) is 37.9. The zero-order valence-electron chi connectivity index (χ0n) is 14.1. The van der Waals surface area contributed by atoms with Crippen LogP contribution in [0.2, 0.25) is 0 Å². The van der Waals surface area contributed by atoms with E-state index in [4.69, 9.17) is 4.52 Å². The lowest BCUT2D eigenvalue weighted by molar-refractivity contribution is -0.142. The summed E-state index contributed by atoms with van der Waals surface area (Å²) in [5.74, 6) is 0.209. The number of aromatic nitrogens is 4. The predicted octanol–water partition coefficient (Wildman–Crippen LogP) is 1.03. The van der Waals surface area contributed by atoms with Gasteiger partial charge in [0.2, 0.25) is 23.4 Å². The van der Waals surface area contributed by atoms with E-state index in [-0.39, 0.29) is 24.1 Å². The van der Waals surface area contributed by atoms with Crippen LogP contribution in [-0.4, -0.2) is 55.1 Å². The van der Waals surface area contributed by atoms with E-state index >= 15 is 0 Å². The number of aliphatic carboxylic acids is 1. The fraction of sp³-hybridized carbons (Fsp3) is 0.529. The largest absolute Gasteiger partial charge is 0.481 e. The van der Waals surface area contributed by atoms with Gasteiger partial charge in [-0.2, -0.15) is 4.98 Å². The van der Waals surface area contributed by atoms with E-state index in [9.17, 15) is 14.7 Å². The van der Waals surface area contributed by atoms with E-state index < -0.39 is 11.9 Å². The molecule has 2 atom stereocenters. The van der Waals surface area contributed by atoms with Crippen LogP contribution in [0.15, 0.2) is 23.0 Å². The molecule has 9 heteroatoms. The van der Waals surface area contributed by atoms with Crippen molar-refractivity contribution in [3.63, 3.8) is 0 Å². The molecule has 3 heterocycles. The van der Waals surface area contributed by atoms with E-state index in [1.807, 2.05) is 0 Å². The highest BCUT2D eigenvalue weighted by Crippen LogP contribution is 2.44. The summed E-state index contributed by atoms with van der Waals surface area (Å²) in [5.41, 5.74) is 0. The Hall–Kier alpha value is -2.84. The van der Waals surface area contributed by atoms with Crippen molar-refractivity contribution in [3.05, 3.63) is 24.4 Å². The number of carbonyl (C=O) groups excluding carboxylic acids is 1. The summed E-state index contributed by atoms with van der Waals surface area (Å²) in [6, 6.07) is 1.69. The maximum Gasteiger partial charge on any atom is 0.308 e. The molecule has 4 rings (SSSR count). The predicted molar refractivity (Wildman–Crippen MR) is 87.6 cm³/mol. The first kappa shape index (κ1) is 16.6. The van der Waals surface area contributed by atoms with Crippen molar-refractivity contribution >= 4 is 11.9 Å². The minimum atomic E-state index is -0.804. The maximum atomic E-state index is 12.5. The van der Waals surface area contributed by atoms with Crippen molar-refractivity contribution in [3.8, 4) is 11.6 Å². The fourth-order valence-corrected chi connectivity index (χ4v) is 3.53. The van der Waals surface area contributed by atoms with E-state index in [1.165, 1.54) is 0 Å². The second kappa shape index (κ2) is 6.81. The number of likely N-dealkylation sites (tertiary alicyclic amines) is 1. The first-order chi connectivity index (χ1) is 12.6. The number of nitrogens with zero attached hydrogens (tertiary/aromatic N) is 5. The van der Waals surface area contributed by atoms with Crippen molar-refractivity contribution in [2.75, 3.05) is 13.1 Å². The van der Waals surface area contributed by atoms with Gasteiger partial charge in [-0.25, -0.2) is 9.97 Å². The Morgan fingerprint density at radius 2 is 1.96 bits per heavy atom. The number of rotatable bonds is 6. The maximum absolute atomic E-state index is 12.5. The Morgan fingerprint density at radius 3 is 2.65 bits per heavy atom. The Kier molecular flexibility index (Phi) is 4.36. The average molecular weight is 357 g/mol. The Labute approximate surface area is 149 Å². The summed E-state index contributed by atoms with van der Waals surface area (Å²) < 4.78 is 5.15. The molecule has 1 saturated carbocycles. The third-order valence-corrected chi connectivity index (χ3v) is 5.05. The molecule has 26 heavy (non-hydrogen) atoms. The molecule has 1 saturated heterocycles. The minimum absolute atomic E-state index is 0.0740. The van der Waals surface area contributed by atoms with Crippen molar-refractivity contribution in [2.45, 2.75) is 25.7 Å². The summed E-state index contributed by atoms with van der Waals surface area (Å²) in [6.45, 7) is 0.829. The highest BCUT2D eigenvalue weighted by Gasteiger charge is 2.46. The summed E-state index contributed by atoms with van der Waals surface area (Å²) in [5, 5.41) is 13.2. The van der Waals surface area contributed by atoms with Crippen molar-refractivity contribution in [2.24, 2.45) is 17.8 Å². The Morgan fingerprint density at radius 1 is 1.19 bits per heavy atom. The SMILES string of the molecule is O=C(O)[C@H]1CN(C(=O)CCc2nc(-c3ncccn3)no2)C[C@@H]1C1CC1. The number of hydrogen-bond acceptors (Lipinski definition) is 7. The van der Waals surface area contributed by atoms with E-state index in [2.05, 4.69) is 20.1 Å². The van der Waals surface area contributed by atoms with Gasteiger partial charge < -0.3 is 14.5 Å². The molecule has 0 spiro atoms. The second-order valence-corrected chi connectivity index (χ2v) is 6.83. The summed E-state index contributed by atoms with van der Waals surface area (Å²) in [6.07, 6.45) is 5.84. The van der Waals surface area contributed by atoms with Crippen LogP contribution in [0.3, 0.4) is 0 Å². The lowest BCUT2D eigenvalue weighted by Gasteiger charge is -2.15. The molecule has 1 amide bonds. The monoisotopic (exact) mass is 357 g/mol. The number of carbonyl (C=O) groups is 2. The number of carboxylic acids is 1. The normalized spacial score (nSPS) is 22.5. The lowest BCUT2D eigenvalue weighted by Crippen LogP contribution is -2.30. The lowest BCUT2D eigenvalue weighted by atomic mass is 9.92. The molecule has 0 unspecified atom stereocenters. The third kappa shape index (κ3) is 3.42. The number of hydrogen-bond donors (Lipinski definition) is 1. The zero-order chi connectivity index (χ0) is 18.1. The number of carboxylic acid groups (broad SMARTS) is 1. The smallest absolute Gasteiger partial charge is 0.308 e. The Bertz CT molecular complexity index is 804. The van der Waals surface area contributed by atoms with Crippen LogP contribution in [0.4, 0.5) is 0 Å². The van der Waals surface area contributed by atoms with Gasteiger partial charge in [0.1, 0.15) is 0 Å². The van der Waals surface area contributed by atoms with E-state index in [0.717, 1.165) is 12.8 Å². The van der Waals surface area contributed by atoms with Crippen molar-refractivity contribution in [1.82, 2.24) is 25.0 Å². The van der Waals surface area contributed by atoms with Crippen LogP contribution in [-0.2, 0) is 16.0 Å². The van der Waals surface area contributed by atoms with Gasteiger partial charge >= 0.3 is 5.97 Å². The van der Waals surface area contributed by atoms with Gasteiger partial charge in [0.25, 0.3) is 0 Å². The Balaban J connectivity index is 1.34. The highest BCUT2D eigenvalue weighted by molar-refractivity contribution is 5.79.